The second-order valence-corrected chi connectivity index (χ2v) is 11.5. The minimum Gasteiger partial charge on any atom is -0.0602 e. The Hall–Kier alpha value is 0.217. The van der Waals surface area contributed by atoms with Crippen molar-refractivity contribution in [1.82, 2.24) is 0 Å². The average Bonchev–Trinajstić information content (AvgIpc) is 2.36. The molecule has 0 nitrogen and oxygen atoms in total. The van der Waals surface area contributed by atoms with E-state index in [1.165, 1.54) is 38.5 Å². The van der Waals surface area contributed by atoms with E-state index < -0.39 is 0 Å². The highest BCUT2D eigenvalue weighted by Crippen LogP contribution is 2.47. The van der Waals surface area contributed by atoms with Gasteiger partial charge >= 0.3 is 0 Å². The maximum atomic E-state index is 2.48. The molecule has 19 heavy (non-hydrogen) atoms. The molecule has 1 rings (SSSR count). The highest BCUT2D eigenvalue weighted by Gasteiger charge is 2.36. The van der Waals surface area contributed by atoms with E-state index in [1.807, 2.05) is 0 Å². The lowest BCUT2D eigenvalue weighted by molar-refractivity contribution is 0.229. The zero-order valence-electron chi connectivity index (χ0n) is 14.5. The molecule has 0 aromatic heterocycles. The molecule has 0 bridgehead atoms. The fraction of sp³-hybridized carbons (Fsp3) is 1.00. The van der Waals surface area contributed by atoms with Gasteiger partial charge in [0.05, 0.1) is 0 Å². The van der Waals surface area contributed by atoms with Crippen molar-refractivity contribution in [2.24, 2.45) is 10.8 Å². The Morgan fingerprint density at radius 1 is 0.684 bits per heavy atom. The molecule has 0 N–H and O–H groups in total. The van der Waals surface area contributed by atoms with Crippen LogP contribution in [0.4, 0.5) is 0 Å². The molecule has 0 unspecified atom stereocenters. The van der Waals surface area contributed by atoms with Crippen LogP contribution in [0.25, 0.3) is 0 Å². The molecule has 0 saturated heterocycles. The zero-order valence-corrected chi connectivity index (χ0v) is 15.9. The molecular formula is C18H38Si. The van der Waals surface area contributed by atoms with E-state index in [4.69, 9.17) is 0 Å². The third kappa shape index (κ3) is 6.47. The van der Waals surface area contributed by atoms with Gasteiger partial charge in [-0.05, 0) is 16.4 Å². The number of hydrogen-bond acceptors (Lipinski definition) is 0. The lowest BCUT2D eigenvalue weighted by Gasteiger charge is -2.42. The molecular weight excluding hydrogens is 244 g/mol. The highest BCUT2D eigenvalue weighted by atomic mass is 28.2. The van der Waals surface area contributed by atoms with Crippen molar-refractivity contribution in [3.63, 3.8) is 0 Å². The summed E-state index contributed by atoms with van der Waals surface area (Å²) < 4.78 is 0. The van der Waals surface area contributed by atoms with Crippen LogP contribution in [0.15, 0.2) is 0 Å². The van der Waals surface area contributed by atoms with Gasteiger partial charge in [-0.25, -0.2) is 0 Å². The van der Waals surface area contributed by atoms with Crippen LogP contribution in [-0.2, 0) is 0 Å². The summed E-state index contributed by atoms with van der Waals surface area (Å²) in [6.45, 7) is 14.9. The molecule has 0 spiro atoms. The first-order valence-electron chi connectivity index (χ1n) is 8.71. The monoisotopic (exact) mass is 282 g/mol. The largest absolute Gasteiger partial charge is 0.0602 e. The summed E-state index contributed by atoms with van der Waals surface area (Å²) in [7, 11) is 0.0181. The Morgan fingerprint density at radius 3 is 1.42 bits per heavy atom. The van der Waals surface area contributed by atoms with Crippen molar-refractivity contribution in [2.75, 3.05) is 0 Å². The standard InChI is InChI=1S/C18H38Si/c1-17(2,3)16(18(4,5)6)19-15-13-11-9-7-8-10-12-14-15/h15-16H,7-14,19H2,1-6H3. The average molecular weight is 283 g/mol. The Morgan fingerprint density at radius 2 is 1.05 bits per heavy atom. The summed E-state index contributed by atoms with van der Waals surface area (Å²) in [5, 5.41) is 0. The molecule has 0 aromatic carbocycles. The second-order valence-electron chi connectivity index (χ2n) is 9.09. The normalized spacial score (nSPS) is 21.6. The maximum Gasteiger partial charge on any atom is 0.0277 e. The molecule has 1 heteroatoms. The van der Waals surface area contributed by atoms with Crippen molar-refractivity contribution < 1.29 is 0 Å². The van der Waals surface area contributed by atoms with E-state index in [0.717, 1.165) is 11.1 Å². The lowest BCUT2D eigenvalue weighted by atomic mass is 9.77. The topological polar surface area (TPSA) is 0 Å². The van der Waals surface area contributed by atoms with Gasteiger partial charge in [-0.1, -0.05) is 98.5 Å². The summed E-state index contributed by atoms with van der Waals surface area (Å²) >= 11 is 0. The summed E-state index contributed by atoms with van der Waals surface area (Å²) in [5.74, 6) is 0. The van der Waals surface area contributed by atoms with Crippen LogP contribution in [0.3, 0.4) is 0 Å². The lowest BCUT2D eigenvalue weighted by Crippen LogP contribution is -2.33. The molecule has 1 aliphatic rings. The molecule has 0 atom stereocenters. The van der Waals surface area contributed by atoms with Gasteiger partial charge in [0.2, 0.25) is 0 Å². The fourth-order valence-corrected chi connectivity index (χ4v) is 7.42. The molecule has 0 radical (unpaired) electrons. The highest BCUT2D eigenvalue weighted by molar-refractivity contribution is 6.40. The van der Waals surface area contributed by atoms with Crippen LogP contribution in [0.2, 0.25) is 11.1 Å². The van der Waals surface area contributed by atoms with Gasteiger partial charge in [0, 0.05) is 9.52 Å². The van der Waals surface area contributed by atoms with Crippen LogP contribution in [0, 0.1) is 10.8 Å². The van der Waals surface area contributed by atoms with Gasteiger partial charge in [0.25, 0.3) is 0 Å². The van der Waals surface area contributed by atoms with Crippen LogP contribution in [0.1, 0.15) is 92.9 Å². The van der Waals surface area contributed by atoms with Crippen LogP contribution < -0.4 is 0 Å². The summed E-state index contributed by atoms with van der Waals surface area (Å²) in [6, 6.07) is 0. The SMILES string of the molecule is CC(C)(C)C([SiH2]C1CCCCCCCC1)C(C)(C)C. The molecule has 0 aliphatic heterocycles. The molecule has 0 heterocycles. The predicted octanol–water partition coefficient (Wildman–Crippen LogP) is 5.96. The second kappa shape index (κ2) is 7.29. The number of hydrogen-bond donors (Lipinski definition) is 0. The van der Waals surface area contributed by atoms with E-state index in [1.54, 1.807) is 12.8 Å². The van der Waals surface area contributed by atoms with Gasteiger partial charge in [0.1, 0.15) is 0 Å². The Balaban J connectivity index is 2.65. The molecule has 1 saturated carbocycles. The first kappa shape index (κ1) is 17.3. The minimum atomic E-state index is 0.0181. The third-order valence-corrected chi connectivity index (χ3v) is 9.54. The first-order chi connectivity index (χ1) is 8.71. The summed E-state index contributed by atoms with van der Waals surface area (Å²) in [6.07, 6.45) is 12.1. The molecule has 1 fully saturated rings. The molecule has 0 aromatic rings. The Kier molecular flexibility index (Phi) is 6.63. The van der Waals surface area contributed by atoms with Crippen molar-refractivity contribution in [3.8, 4) is 0 Å². The van der Waals surface area contributed by atoms with Crippen LogP contribution in [0.5, 0.6) is 0 Å². The van der Waals surface area contributed by atoms with E-state index in [9.17, 15) is 0 Å². The van der Waals surface area contributed by atoms with Crippen molar-refractivity contribution in [3.05, 3.63) is 0 Å². The van der Waals surface area contributed by atoms with Gasteiger partial charge in [-0.3, -0.25) is 0 Å². The summed E-state index contributed by atoms with van der Waals surface area (Å²) in [5.41, 5.74) is 3.11. The predicted molar refractivity (Wildman–Crippen MR) is 91.9 cm³/mol. The third-order valence-electron chi connectivity index (χ3n) is 5.13. The van der Waals surface area contributed by atoms with Gasteiger partial charge in [0.15, 0.2) is 0 Å². The van der Waals surface area contributed by atoms with E-state index in [2.05, 4.69) is 41.5 Å². The van der Waals surface area contributed by atoms with Crippen molar-refractivity contribution in [1.29, 1.82) is 0 Å². The van der Waals surface area contributed by atoms with Crippen molar-refractivity contribution in [2.45, 2.75) is 104 Å². The minimum absolute atomic E-state index is 0.0181. The fourth-order valence-electron chi connectivity index (χ4n) is 4.29. The first-order valence-corrected chi connectivity index (χ1v) is 10.3. The zero-order chi connectivity index (χ0) is 14.5. The van der Waals surface area contributed by atoms with Gasteiger partial charge in [-0.2, -0.15) is 0 Å². The maximum absolute atomic E-state index is 2.48. The Labute approximate surface area is 125 Å². The quantitative estimate of drug-likeness (QED) is 0.548. The van der Waals surface area contributed by atoms with E-state index in [0.29, 0.717) is 10.8 Å². The number of rotatable bonds is 2. The molecule has 1 aliphatic carbocycles. The summed E-state index contributed by atoms with van der Waals surface area (Å²) in [4.78, 5) is 0. The smallest absolute Gasteiger partial charge is 0.0277 e. The Bertz CT molecular complexity index is 219. The molecule has 0 amide bonds. The molecule has 114 valence electrons. The van der Waals surface area contributed by atoms with Gasteiger partial charge in [-0.15, -0.1) is 0 Å². The van der Waals surface area contributed by atoms with E-state index in [-0.39, 0.29) is 9.52 Å². The van der Waals surface area contributed by atoms with Gasteiger partial charge < -0.3 is 0 Å². The van der Waals surface area contributed by atoms with Crippen LogP contribution in [-0.4, -0.2) is 9.52 Å². The van der Waals surface area contributed by atoms with Crippen LogP contribution >= 0.6 is 0 Å². The van der Waals surface area contributed by atoms with Crippen molar-refractivity contribution >= 4 is 9.52 Å². The van der Waals surface area contributed by atoms with E-state index >= 15 is 0 Å².